The van der Waals surface area contributed by atoms with E-state index in [1.165, 1.54) is 0 Å². The van der Waals surface area contributed by atoms with Crippen LogP contribution in [0.5, 0.6) is 0 Å². The molecule has 0 aromatic heterocycles. The molecule has 2 aromatic rings. The molecule has 0 spiro atoms. The van der Waals surface area contributed by atoms with E-state index in [4.69, 9.17) is 4.74 Å². The highest BCUT2D eigenvalue weighted by atomic mass is 32.2. The van der Waals surface area contributed by atoms with Crippen molar-refractivity contribution in [2.75, 3.05) is 23.7 Å². The molecule has 2 aromatic carbocycles. The second-order valence-electron chi connectivity index (χ2n) is 6.42. The van der Waals surface area contributed by atoms with Crippen molar-refractivity contribution in [3.63, 3.8) is 0 Å². The number of aryl methyl sites for hydroxylation is 1. The predicted molar refractivity (Wildman–Crippen MR) is 107 cm³/mol. The molecule has 1 N–H and O–H groups in total. The first-order chi connectivity index (χ1) is 13.2. The van der Waals surface area contributed by atoms with E-state index in [1.807, 2.05) is 37.3 Å². The summed E-state index contributed by atoms with van der Waals surface area (Å²) in [4.78, 5) is 24.2. The Balaban J connectivity index is 1.94. The molecule has 0 heterocycles. The SMILES string of the molecule is Cc1ccccc1N(CC(=O)OCC(=O)N[C@H](C)c1ccccc1)S(C)(=O)=O. The van der Waals surface area contributed by atoms with Gasteiger partial charge in [0.25, 0.3) is 5.91 Å². The molecule has 1 amide bonds. The molecule has 0 fully saturated rings. The van der Waals surface area contributed by atoms with E-state index < -0.39 is 35.1 Å². The molecule has 150 valence electrons. The minimum Gasteiger partial charge on any atom is -0.454 e. The normalized spacial score (nSPS) is 12.1. The van der Waals surface area contributed by atoms with Crippen molar-refractivity contribution < 1.29 is 22.7 Å². The summed E-state index contributed by atoms with van der Waals surface area (Å²) in [7, 11) is -3.70. The third-order valence-electron chi connectivity index (χ3n) is 4.10. The number of rotatable bonds is 8. The number of anilines is 1. The number of carbonyl (C=O) groups excluding carboxylic acids is 2. The van der Waals surface area contributed by atoms with E-state index >= 15 is 0 Å². The molecule has 0 radical (unpaired) electrons. The quantitative estimate of drug-likeness (QED) is 0.681. The monoisotopic (exact) mass is 404 g/mol. The van der Waals surface area contributed by atoms with Gasteiger partial charge in [0, 0.05) is 0 Å². The topological polar surface area (TPSA) is 92.8 Å². The Kier molecular flexibility index (Phi) is 7.17. The van der Waals surface area contributed by atoms with Crippen LogP contribution in [0.3, 0.4) is 0 Å². The number of benzene rings is 2. The molecule has 0 aliphatic rings. The third-order valence-corrected chi connectivity index (χ3v) is 5.22. The Labute approximate surface area is 165 Å². The molecule has 0 aliphatic heterocycles. The van der Waals surface area contributed by atoms with Gasteiger partial charge in [-0.25, -0.2) is 8.42 Å². The van der Waals surface area contributed by atoms with Crippen LogP contribution in [0.15, 0.2) is 54.6 Å². The average Bonchev–Trinajstić information content (AvgIpc) is 2.65. The highest BCUT2D eigenvalue weighted by molar-refractivity contribution is 7.92. The third kappa shape index (κ3) is 6.09. The summed E-state index contributed by atoms with van der Waals surface area (Å²) in [5.74, 6) is -1.28. The van der Waals surface area contributed by atoms with Gasteiger partial charge in [0.2, 0.25) is 10.0 Å². The lowest BCUT2D eigenvalue weighted by Crippen LogP contribution is -2.38. The smallest absolute Gasteiger partial charge is 0.327 e. The zero-order valence-electron chi connectivity index (χ0n) is 16.1. The molecule has 8 heteroatoms. The molecule has 28 heavy (non-hydrogen) atoms. The first-order valence-corrected chi connectivity index (χ1v) is 10.6. The summed E-state index contributed by atoms with van der Waals surface area (Å²) in [5.41, 5.74) is 2.02. The molecule has 0 saturated carbocycles. The Morgan fingerprint density at radius 2 is 1.68 bits per heavy atom. The summed E-state index contributed by atoms with van der Waals surface area (Å²) in [5, 5.41) is 2.73. The number of hydrogen-bond donors (Lipinski definition) is 1. The van der Waals surface area contributed by atoms with Crippen LogP contribution < -0.4 is 9.62 Å². The maximum absolute atomic E-state index is 12.1. The van der Waals surface area contributed by atoms with Crippen molar-refractivity contribution in [2.24, 2.45) is 0 Å². The fourth-order valence-corrected chi connectivity index (χ4v) is 3.54. The minimum atomic E-state index is -3.70. The number of esters is 1. The molecule has 0 aliphatic carbocycles. The average molecular weight is 404 g/mol. The van der Waals surface area contributed by atoms with E-state index in [1.54, 1.807) is 31.2 Å². The van der Waals surface area contributed by atoms with Gasteiger partial charge in [-0.15, -0.1) is 0 Å². The maximum Gasteiger partial charge on any atom is 0.327 e. The lowest BCUT2D eigenvalue weighted by molar-refractivity contribution is -0.147. The van der Waals surface area contributed by atoms with Gasteiger partial charge in [0.15, 0.2) is 6.61 Å². The maximum atomic E-state index is 12.1. The highest BCUT2D eigenvalue weighted by Gasteiger charge is 2.23. The van der Waals surface area contributed by atoms with Crippen molar-refractivity contribution in [1.29, 1.82) is 0 Å². The van der Waals surface area contributed by atoms with Crippen molar-refractivity contribution in [3.8, 4) is 0 Å². The molecular formula is C20H24N2O5S. The molecule has 0 saturated heterocycles. The lowest BCUT2D eigenvalue weighted by Gasteiger charge is -2.23. The highest BCUT2D eigenvalue weighted by Crippen LogP contribution is 2.21. The van der Waals surface area contributed by atoms with Crippen LogP contribution in [0.1, 0.15) is 24.1 Å². The van der Waals surface area contributed by atoms with Crippen molar-refractivity contribution in [3.05, 3.63) is 65.7 Å². The molecule has 2 rings (SSSR count). The molecule has 0 bridgehead atoms. The van der Waals surface area contributed by atoms with E-state index in [-0.39, 0.29) is 6.04 Å². The number of sulfonamides is 1. The summed E-state index contributed by atoms with van der Waals surface area (Å²) in [6, 6.07) is 15.9. The van der Waals surface area contributed by atoms with Crippen LogP contribution in [0.25, 0.3) is 0 Å². The van der Waals surface area contributed by atoms with Crippen LogP contribution in [0.2, 0.25) is 0 Å². The Bertz CT molecular complexity index is 929. The number of amides is 1. The van der Waals surface area contributed by atoms with Crippen molar-refractivity contribution >= 4 is 27.6 Å². The number of para-hydroxylation sites is 1. The second kappa shape index (κ2) is 9.36. The van der Waals surface area contributed by atoms with Gasteiger partial charge < -0.3 is 10.1 Å². The summed E-state index contributed by atoms with van der Waals surface area (Å²) in [6.45, 7) is 2.57. The second-order valence-corrected chi connectivity index (χ2v) is 8.32. The van der Waals surface area contributed by atoms with Crippen molar-refractivity contribution in [2.45, 2.75) is 19.9 Å². The first kappa shape index (κ1) is 21.4. The van der Waals surface area contributed by atoms with Crippen LogP contribution in [0.4, 0.5) is 5.69 Å². The van der Waals surface area contributed by atoms with E-state index in [0.717, 1.165) is 16.1 Å². The number of nitrogens with zero attached hydrogens (tertiary/aromatic N) is 1. The van der Waals surface area contributed by atoms with Gasteiger partial charge in [0.1, 0.15) is 6.54 Å². The van der Waals surface area contributed by atoms with Crippen LogP contribution in [-0.2, 0) is 24.3 Å². The summed E-state index contributed by atoms with van der Waals surface area (Å²) >= 11 is 0. The van der Waals surface area contributed by atoms with Crippen LogP contribution in [0, 0.1) is 6.92 Å². The van der Waals surface area contributed by atoms with Gasteiger partial charge in [-0.3, -0.25) is 13.9 Å². The number of nitrogens with one attached hydrogen (secondary N) is 1. The summed E-state index contributed by atoms with van der Waals surface area (Å²) in [6.07, 6.45) is 1.01. The van der Waals surface area contributed by atoms with Gasteiger partial charge in [-0.05, 0) is 31.0 Å². The minimum absolute atomic E-state index is 0.244. The molecular weight excluding hydrogens is 380 g/mol. The van der Waals surface area contributed by atoms with Gasteiger partial charge >= 0.3 is 5.97 Å². The largest absolute Gasteiger partial charge is 0.454 e. The van der Waals surface area contributed by atoms with E-state index in [9.17, 15) is 18.0 Å². The Morgan fingerprint density at radius 1 is 1.07 bits per heavy atom. The fourth-order valence-electron chi connectivity index (χ4n) is 2.64. The lowest BCUT2D eigenvalue weighted by atomic mass is 10.1. The van der Waals surface area contributed by atoms with Crippen LogP contribution in [-0.4, -0.2) is 39.7 Å². The number of ether oxygens (including phenoxy) is 1. The summed E-state index contributed by atoms with van der Waals surface area (Å²) < 4.78 is 30.1. The Morgan fingerprint density at radius 3 is 2.29 bits per heavy atom. The van der Waals surface area contributed by atoms with Crippen molar-refractivity contribution in [1.82, 2.24) is 5.32 Å². The van der Waals surface area contributed by atoms with E-state index in [2.05, 4.69) is 5.32 Å². The first-order valence-electron chi connectivity index (χ1n) is 8.71. The molecule has 1 atom stereocenters. The van der Waals surface area contributed by atoms with Gasteiger partial charge in [-0.2, -0.15) is 0 Å². The fraction of sp³-hybridized carbons (Fsp3) is 0.300. The van der Waals surface area contributed by atoms with E-state index in [0.29, 0.717) is 11.3 Å². The predicted octanol–water partition coefficient (Wildman–Crippen LogP) is 2.18. The van der Waals surface area contributed by atoms with Crippen LogP contribution >= 0.6 is 0 Å². The van der Waals surface area contributed by atoms with Gasteiger partial charge in [-0.1, -0.05) is 48.5 Å². The zero-order chi connectivity index (χ0) is 20.7. The molecule has 7 nitrogen and oxygen atoms in total. The Hall–Kier alpha value is -2.87. The zero-order valence-corrected chi connectivity index (χ0v) is 16.9. The molecule has 0 unspecified atom stereocenters. The number of carbonyl (C=O) groups is 2. The number of hydrogen-bond acceptors (Lipinski definition) is 5. The van der Waals surface area contributed by atoms with Gasteiger partial charge in [0.05, 0.1) is 18.0 Å². The standard InChI is InChI=1S/C20H24N2O5S/c1-15-9-7-8-12-18(15)22(28(3,25)26)13-20(24)27-14-19(23)21-16(2)17-10-5-4-6-11-17/h4-12,16H,13-14H2,1-3H3,(H,21,23)/t16-/m1/s1.